The molecule has 0 unspecified atom stereocenters. The van der Waals surface area contributed by atoms with Gasteiger partial charge in [-0.15, -0.1) is 0 Å². The predicted octanol–water partition coefficient (Wildman–Crippen LogP) is 4.17. The summed E-state index contributed by atoms with van der Waals surface area (Å²) in [5.74, 6) is 2.63. The second kappa shape index (κ2) is 7.63. The fourth-order valence-electron chi connectivity index (χ4n) is 0.846. The Hall–Kier alpha value is 0.370. The molecule has 0 bridgehead atoms. The largest absolute Gasteiger partial charge is 0.300 e. The molecule has 0 rings (SSSR count). The second-order valence-corrected chi connectivity index (χ2v) is 7.46. The summed E-state index contributed by atoms with van der Waals surface area (Å²) in [7, 11) is 3.84. The van der Waals surface area contributed by atoms with Crippen LogP contribution in [-0.4, -0.2) is 17.3 Å². The van der Waals surface area contributed by atoms with Crippen LogP contribution in [0.2, 0.25) is 0 Å². The molecule has 0 aromatic rings. The van der Waals surface area contributed by atoms with Crippen molar-refractivity contribution in [3.8, 4) is 0 Å². The summed E-state index contributed by atoms with van der Waals surface area (Å²) in [6, 6.07) is 0. The molecule has 0 aromatic carbocycles. The molecule has 0 aliphatic rings. The molecule has 0 radical (unpaired) electrons. The Morgan fingerprint density at radius 2 is 1.71 bits per heavy atom. The number of carbonyl (C=O) groups excluding carboxylic acids is 1. The minimum absolute atomic E-state index is 0.310. The summed E-state index contributed by atoms with van der Waals surface area (Å²) < 4.78 is 0. The maximum absolute atomic E-state index is 10.6. The van der Waals surface area contributed by atoms with Crippen LogP contribution in [0.15, 0.2) is 0 Å². The fourth-order valence-corrected chi connectivity index (χ4v) is 3.35. The number of ketones is 1. The van der Waals surface area contributed by atoms with E-state index < -0.39 is 0 Å². The van der Waals surface area contributed by atoms with E-state index in [1.807, 2.05) is 21.6 Å². The first kappa shape index (κ1) is 14.4. The van der Waals surface area contributed by atoms with Crippen LogP contribution in [0, 0.1) is 5.41 Å². The predicted molar refractivity (Wildman–Crippen MR) is 68.9 cm³/mol. The summed E-state index contributed by atoms with van der Waals surface area (Å²) in [6.45, 7) is 8.48. The first-order valence-corrected chi connectivity index (χ1v) is 7.64. The lowest BCUT2D eigenvalue weighted by Crippen LogP contribution is -2.05. The Balaban J connectivity index is 3.11. The number of carbonyl (C=O) groups is 1. The van der Waals surface area contributed by atoms with Crippen LogP contribution in [0.3, 0.4) is 0 Å². The number of hydrogen-bond acceptors (Lipinski definition) is 3. The molecule has 0 aliphatic carbocycles. The van der Waals surface area contributed by atoms with Gasteiger partial charge in [0.25, 0.3) is 0 Å². The van der Waals surface area contributed by atoms with E-state index in [-0.39, 0.29) is 0 Å². The van der Waals surface area contributed by atoms with Gasteiger partial charge < -0.3 is 4.79 Å². The zero-order valence-electron chi connectivity index (χ0n) is 9.76. The van der Waals surface area contributed by atoms with Crippen molar-refractivity contribution >= 4 is 27.4 Å². The SMILES string of the molecule is CC(=O)CCCSSCCC(C)(C)C. The molecule has 1 nitrogen and oxygen atoms in total. The lowest BCUT2D eigenvalue weighted by Gasteiger charge is -2.16. The van der Waals surface area contributed by atoms with Crippen LogP contribution >= 0.6 is 21.6 Å². The van der Waals surface area contributed by atoms with E-state index >= 15 is 0 Å². The van der Waals surface area contributed by atoms with Crippen LogP contribution in [0.1, 0.15) is 47.0 Å². The number of hydrogen-bond donors (Lipinski definition) is 0. The third kappa shape index (κ3) is 12.4. The fraction of sp³-hybridized carbons (Fsp3) is 0.909. The molecule has 0 amide bonds. The summed E-state index contributed by atoms with van der Waals surface area (Å²) in [5, 5.41) is 0. The molecule has 3 heteroatoms. The third-order valence-electron chi connectivity index (χ3n) is 1.78. The van der Waals surface area contributed by atoms with Crippen molar-refractivity contribution in [2.45, 2.75) is 47.0 Å². The zero-order valence-corrected chi connectivity index (χ0v) is 11.4. The van der Waals surface area contributed by atoms with E-state index in [2.05, 4.69) is 20.8 Å². The van der Waals surface area contributed by atoms with E-state index in [0.29, 0.717) is 11.2 Å². The molecule has 0 aromatic heterocycles. The molecule has 0 spiro atoms. The van der Waals surface area contributed by atoms with Gasteiger partial charge in [-0.25, -0.2) is 0 Å². The van der Waals surface area contributed by atoms with Gasteiger partial charge in [0.2, 0.25) is 0 Å². The van der Waals surface area contributed by atoms with Gasteiger partial charge in [0.05, 0.1) is 0 Å². The van der Waals surface area contributed by atoms with Crippen LogP contribution in [0.5, 0.6) is 0 Å². The third-order valence-corrected chi connectivity index (χ3v) is 4.27. The highest BCUT2D eigenvalue weighted by Crippen LogP contribution is 2.28. The van der Waals surface area contributed by atoms with Gasteiger partial charge in [-0.1, -0.05) is 42.4 Å². The summed E-state index contributed by atoms with van der Waals surface area (Å²) >= 11 is 0. The van der Waals surface area contributed by atoms with Crippen molar-refractivity contribution in [3.05, 3.63) is 0 Å². The normalized spacial score (nSPS) is 11.7. The molecular formula is C11H22OS2. The van der Waals surface area contributed by atoms with Gasteiger partial charge in [0, 0.05) is 17.9 Å². The molecule has 0 fully saturated rings. The molecule has 0 aliphatic heterocycles. The topological polar surface area (TPSA) is 17.1 Å². The summed E-state index contributed by atoms with van der Waals surface area (Å²) in [6.07, 6.45) is 3.03. The Kier molecular flexibility index (Phi) is 7.84. The van der Waals surface area contributed by atoms with Crippen LogP contribution in [0.4, 0.5) is 0 Å². The lowest BCUT2D eigenvalue weighted by atomic mass is 9.94. The van der Waals surface area contributed by atoms with Gasteiger partial charge in [0.15, 0.2) is 0 Å². The number of Topliss-reactive ketones (excluding diaryl/α,β-unsaturated/α-hetero) is 1. The van der Waals surface area contributed by atoms with E-state index in [4.69, 9.17) is 0 Å². The second-order valence-electron chi connectivity index (χ2n) is 4.76. The molecular weight excluding hydrogens is 212 g/mol. The van der Waals surface area contributed by atoms with Crippen molar-refractivity contribution in [2.75, 3.05) is 11.5 Å². The van der Waals surface area contributed by atoms with Gasteiger partial charge in [-0.2, -0.15) is 0 Å². The van der Waals surface area contributed by atoms with Crippen molar-refractivity contribution in [1.82, 2.24) is 0 Å². The Labute approximate surface area is 96.2 Å². The molecule has 0 saturated carbocycles. The van der Waals surface area contributed by atoms with E-state index in [9.17, 15) is 4.79 Å². The quantitative estimate of drug-likeness (QED) is 0.486. The Morgan fingerprint density at radius 3 is 2.21 bits per heavy atom. The van der Waals surface area contributed by atoms with E-state index in [1.165, 1.54) is 12.2 Å². The van der Waals surface area contributed by atoms with E-state index in [1.54, 1.807) is 6.92 Å². The molecule has 0 saturated heterocycles. The van der Waals surface area contributed by atoms with Crippen molar-refractivity contribution < 1.29 is 4.79 Å². The van der Waals surface area contributed by atoms with Crippen molar-refractivity contribution in [3.63, 3.8) is 0 Å². The molecule has 0 heterocycles. The first-order chi connectivity index (χ1) is 6.42. The highest BCUT2D eigenvalue weighted by molar-refractivity contribution is 8.76. The van der Waals surface area contributed by atoms with Crippen molar-refractivity contribution in [1.29, 1.82) is 0 Å². The first-order valence-electron chi connectivity index (χ1n) is 5.16. The Morgan fingerprint density at radius 1 is 1.14 bits per heavy atom. The van der Waals surface area contributed by atoms with Gasteiger partial charge in [0.1, 0.15) is 5.78 Å². The average molecular weight is 234 g/mol. The van der Waals surface area contributed by atoms with Crippen LogP contribution in [0.25, 0.3) is 0 Å². The maximum atomic E-state index is 10.6. The van der Waals surface area contributed by atoms with Gasteiger partial charge >= 0.3 is 0 Å². The summed E-state index contributed by atoms with van der Waals surface area (Å²) in [5.41, 5.74) is 0.451. The minimum Gasteiger partial charge on any atom is -0.300 e. The van der Waals surface area contributed by atoms with Crippen LogP contribution in [-0.2, 0) is 4.79 Å². The number of rotatable bonds is 7. The van der Waals surface area contributed by atoms with E-state index in [0.717, 1.165) is 18.6 Å². The lowest BCUT2D eigenvalue weighted by molar-refractivity contribution is -0.117. The highest BCUT2D eigenvalue weighted by atomic mass is 33.1. The van der Waals surface area contributed by atoms with Crippen molar-refractivity contribution in [2.24, 2.45) is 5.41 Å². The maximum Gasteiger partial charge on any atom is 0.129 e. The minimum atomic E-state index is 0.310. The smallest absolute Gasteiger partial charge is 0.129 e. The van der Waals surface area contributed by atoms with Gasteiger partial charge in [-0.3, -0.25) is 0 Å². The monoisotopic (exact) mass is 234 g/mol. The molecule has 0 N–H and O–H groups in total. The summed E-state index contributed by atoms with van der Waals surface area (Å²) in [4.78, 5) is 10.6. The highest BCUT2D eigenvalue weighted by Gasteiger charge is 2.08. The average Bonchev–Trinajstić information content (AvgIpc) is 2.00. The van der Waals surface area contributed by atoms with Crippen LogP contribution < -0.4 is 0 Å². The van der Waals surface area contributed by atoms with Gasteiger partial charge in [-0.05, 0) is 25.2 Å². The molecule has 0 atom stereocenters. The zero-order chi connectivity index (χ0) is 11.0. The molecule has 84 valence electrons. The standard InChI is InChI=1S/C11H22OS2/c1-10(12)6-5-8-13-14-9-7-11(2,3)4/h5-9H2,1-4H3. The molecule has 14 heavy (non-hydrogen) atoms. The Bertz CT molecular complexity index is 161.